The van der Waals surface area contributed by atoms with E-state index in [2.05, 4.69) is 18.1 Å². The van der Waals surface area contributed by atoms with Crippen LogP contribution in [0.15, 0.2) is 53.3 Å². The van der Waals surface area contributed by atoms with E-state index in [1.807, 2.05) is 13.0 Å². The van der Waals surface area contributed by atoms with E-state index in [4.69, 9.17) is 17.4 Å². The van der Waals surface area contributed by atoms with Gasteiger partial charge in [0.05, 0.1) is 10.9 Å². The highest BCUT2D eigenvalue weighted by Gasteiger charge is 2.12. The molecule has 1 aromatic heterocycles. The van der Waals surface area contributed by atoms with Crippen molar-refractivity contribution in [2.45, 2.75) is 6.92 Å². The number of para-hydroxylation sites is 1. The Hall–Kier alpha value is -2.33. The Bertz CT molecular complexity index is 803. The average Bonchev–Trinajstić information content (AvgIpc) is 2.41. The zero-order chi connectivity index (χ0) is 14.9. The zero-order valence-electron chi connectivity index (χ0n) is 11.1. The number of benzene rings is 1. The molecule has 1 heterocycles. The molecule has 0 spiro atoms. The quantitative estimate of drug-likeness (QED) is 0.697. The van der Waals surface area contributed by atoms with Crippen LogP contribution >= 0.6 is 11.6 Å². The lowest BCUT2D eigenvalue weighted by Gasteiger charge is -2.10. The summed E-state index contributed by atoms with van der Waals surface area (Å²) in [7, 11) is 0. The molecule has 0 unspecified atom stereocenters. The minimum Gasteiger partial charge on any atom is -0.334 e. The lowest BCUT2D eigenvalue weighted by molar-refractivity contribution is 0.888. The van der Waals surface area contributed by atoms with Crippen molar-refractivity contribution in [3.8, 4) is 0 Å². The first kappa shape index (κ1) is 14.1. The standard InChI is InChI=1S/C15H14ClN3O/c1-4-11(8-10(3)16)14-18-13-9(2)6-5-7-12(13)15(20)19(14)17/h4-8H,1,3,17H2,2H3/b11-8+. The number of rotatable bonds is 3. The summed E-state index contributed by atoms with van der Waals surface area (Å²) in [5.74, 6) is 6.13. The molecule has 1 aromatic carbocycles. The molecule has 0 saturated heterocycles. The Morgan fingerprint density at radius 1 is 1.50 bits per heavy atom. The van der Waals surface area contributed by atoms with Crippen LogP contribution in [0, 0.1) is 6.92 Å². The summed E-state index contributed by atoms with van der Waals surface area (Å²) < 4.78 is 0.995. The van der Waals surface area contributed by atoms with E-state index in [0.717, 1.165) is 10.2 Å². The van der Waals surface area contributed by atoms with Crippen molar-refractivity contribution in [1.29, 1.82) is 0 Å². The summed E-state index contributed by atoms with van der Waals surface area (Å²) in [6.07, 6.45) is 3.09. The average molecular weight is 288 g/mol. The molecule has 2 rings (SSSR count). The molecule has 0 saturated carbocycles. The van der Waals surface area contributed by atoms with Crippen LogP contribution in [0.25, 0.3) is 16.5 Å². The molecule has 5 heteroatoms. The van der Waals surface area contributed by atoms with Gasteiger partial charge in [0.15, 0.2) is 5.82 Å². The molecule has 2 N–H and O–H groups in total. The monoisotopic (exact) mass is 287 g/mol. The molecular formula is C15H14ClN3O. The minimum absolute atomic E-state index is 0.300. The van der Waals surface area contributed by atoms with Gasteiger partial charge >= 0.3 is 0 Å². The summed E-state index contributed by atoms with van der Waals surface area (Å²) in [4.78, 5) is 16.7. The Morgan fingerprint density at radius 2 is 2.20 bits per heavy atom. The predicted molar refractivity (Wildman–Crippen MR) is 84.1 cm³/mol. The summed E-state index contributed by atoms with van der Waals surface area (Å²) in [6, 6.07) is 5.38. The van der Waals surface area contributed by atoms with Gasteiger partial charge in [-0.1, -0.05) is 43.0 Å². The second-order valence-electron chi connectivity index (χ2n) is 4.33. The lowest BCUT2D eigenvalue weighted by atomic mass is 10.1. The molecule has 20 heavy (non-hydrogen) atoms. The predicted octanol–water partition coefficient (Wildman–Crippen LogP) is 2.74. The highest BCUT2D eigenvalue weighted by molar-refractivity contribution is 6.31. The van der Waals surface area contributed by atoms with Crippen molar-refractivity contribution >= 4 is 28.1 Å². The third kappa shape index (κ3) is 2.38. The molecular weight excluding hydrogens is 274 g/mol. The topological polar surface area (TPSA) is 60.9 Å². The first-order valence-electron chi connectivity index (χ1n) is 5.92. The van der Waals surface area contributed by atoms with E-state index in [9.17, 15) is 4.79 Å². The Labute approximate surface area is 121 Å². The third-order valence-electron chi connectivity index (χ3n) is 2.92. The molecule has 0 fully saturated rings. The fourth-order valence-electron chi connectivity index (χ4n) is 1.95. The molecule has 0 atom stereocenters. The molecule has 2 aromatic rings. The number of nitrogen functional groups attached to an aromatic ring is 1. The molecule has 0 amide bonds. The van der Waals surface area contributed by atoms with E-state index in [1.165, 1.54) is 6.08 Å². The smallest absolute Gasteiger partial charge is 0.280 e. The minimum atomic E-state index is -0.318. The molecule has 102 valence electrons. The van der Waals surface area contributed by atoms with Gasteiger partial charge in [0.2, 0.25) is 0 Å². The fraction of sp³-hybridized carbons (Fsp3) is 0.0667. The molecule has 0 bridgehead atoms. The molecule has 0 aliphatic heterocycles. The van der Waals surface area contributed by atoms with E-state index >= 15 is 0 Å². The Balaban J connectivity index is 2.88. The van der Waals surface area contributed by atoms with Crippen LogP contribution in [-0.2, 0) is 0 Å². The highest BCUT2D eigenvalue weighted by atomic mass is 35.5. The Kier molecular flexibility index (Phi) is 3.77. The zero-order valence-corrected chi connectivity index (χ0v) is 11.8. The summed E-state index contributed by atoms with van der Waals surface area (Å²) in [5.41, 5.74) is 1.73. The summed E-state index contributed by atoms with van der Waals surface area (Å²) in [5, 5.41) is 0.781. The first-order chi connectivity index (χ1) is 9.45. The fourth-order valence-corrected chi connectivity index (χ4v) is 2.07. The second-order valence-corrected chi connectivity index (χ2v) is 4.82. The van der Waals surface area contributed by atoms with Crippen molar-refractivity contribution in [3.05, 3.63) is 70.3 Å². The molecule has 0 aliphatic carbocycles. The van der Waals surface area contributed by atoms with Gasteiger partial charge in [0, 0.05) is 10.6 Å². The van der Waals surface area contributed by atoms with Crippen LogP contribution in [-0.4, -0.2) is 9.66 Å². The van der Waals surface area contributed by atoms with E-state index in [1.54, 1.807) is 18.2 Å². The van der Waals surface area contributed by atoms with Crippen LogP contribution in [0.4, 0.5) is 0 Å². The van der Waals surface area contributed by atoms with Crippen LogP contribution in [0.5, 0.6) is 0 Å². The summed E-state index contributed by atoms with van der Waals surface area (Å²) in [6.45, 7) is 9.16. The van der Waals surface area contributed by atoms with Crippen molar-refractivity contribution in [2.24, 2.45) is 0 Å². The second kappa shape index (κ2) is 5.35. The number of halogens is 1. The number of hydrogen-bond donors (Lipinski definition) is 1. The maximum atomic E-state index is 12.3. The van der Waals surface area contributed by atoms with Crippen LogP contribution in [0.1, 0.15) is 11.4 Å². The molecule has 0 aliphatic rings. The van der Waals surface area contributed by atoms with Gasteiger partial charge in [-0.15, -0.1) is 0 Å². The normalized spacial score (nSPS) is 11.6. The highest BCUT2D eigenvalue weighted by Crippen LogP contribution is 2.19. The van der Waals surface area contributed by atoms with E-state index in [-0.39, 0.29) is 5.56 Å². The van der Waals surface area contributed by atoms with Gasteiger partial charge in [-0.05, 0) is 24.6 Å². The lowest BCUT2D eigenvalue weighted by Crippen LogP contribution is -2.31. The van der Waals surface area contributed by atoms with Crippen LogP contribution in [0.2, 0.25) is 0 Å². The van der Waals surface area contributed by atoms with Crippen LogP contribution in [0.3, 0.4) is 0 Å². The van der Waals surface area contributed by atoms with Crippen molar-refractivity contribution in [2.75, 3.05) is 5.84 Å². The Morgan fingerprint density at radius 3 is 2.80 bits per heavy atom. The van der Waals surface area contributed by atoms with Crippen LogP contribution < -0.4 is 11.4 Å². The number of aromatic nitrogens is 2. The van der Waals surface area contributed by atoms with Crippen molar-refractivity contribution < 1.29 is 0 Å². The van der Waals surface area contributed by atoms with Gasteiger partial charge in [0.1, 0.15) is 0 Å². The van der Waals surface area contributed by atoms with Gasteiger partial charge in [-0.3, -0.25) is 4.79 Å². The number of hydrogen-bond acceptors (Lipinski definition) is 3. The first-order valence-corrected chi connectivity index (χ1v) is 6.30. The van der Waals surface area contributed by atoms with Gasteiger partial charge in [-0.25, -0.2) is 9.66 Å². The third-order valence-corrected chi connectivity index (χ3v) is 3.03. The van der Waals surface area contributed by atoms with E-state index in [0.29, 0.717) is 27.3 Å². The number of nitrogens with zero attached hydrogens (tertiary/aromatic N) is 2. The maximum absolute atomic E-state index is 12.3. The SMILES string of the molecule is C=C/C(=C\C(=C)Cl)c1nc2c(C)cccc2c(=O)n1N. The maximum Gasteiger partial charge on any atom is 0.280 e. The summed E-state index contributed by atoms with van der Waals surface area (Å²) >= 11 is 5.77. The number of aryl methyl sites for hydroxylation is 1. The molecule has 4 nitrogen and oxygen atoms in total. The largest absolute Gasteiger partial charge is 0.334 e. The van der Waals surface area contributed by atoms with Crippen molar-refractivity contribution in [3.63, 3.8) is 0 Å². The number of nitrogens with two attached hydrogens (primary N) is 1. The van der Waals surface area contributed by atoms with Crippen molar-refractivity contribution in [1.82, 2.24) is 9.66 Å². The number of allylic oxidation sites excluding steroid dienone is 4. The molecule has 0 radical (unpaired) electrons. The van der Waals surface area contributed by atoms with Gasteiger partial charge in [0.25, 0.3) is 5.56 Å². The van der Waals surface area contributed by atoms with Gasteiger partial charge in [-0.2, -0.15) is 0 Å². The van der Waals surface area contributed by atoms with E-state index < -0.39 is 0 Å². The van der Waals surface area contributed by atoms with Gasteiger partial charge < -0.3 is 5.84 Å². The number of fused-ring (bicyclic) bond motifs is 1.